The Morgan fingerprint density at radius 1 is 1.03 bits per heavy atom. The zero-order valence-corrected chi connectivity index (χ0v) is 20.7. The van der Waals surface area contributed by atoms with Gasteiger partial charge in [-0.3, -0.25) is 4.98 Å². The number of pyridine rings is 1. The van der Waals surface area contributed by atoms with Crippen molar-refractivity contribution < 1.29 is 9.90 Å². The van der Waals surface area contributed by atoms with Crippen LogP contribution in [0.1, 0.15) is 45.1 Å². The van der Waals surface area contributed by atoms with Crippen LogP contribution in [-0.4, -0.2) is 25.7 Å². The maximum Gasteiger partial charge on any atom is 0.335 e. The Morgan fingerprint density at radius 2 is 1.80 bits per heavy atom. The Kier molecular flexibility index (Phi) is 6.05. The first-order valence-corrected chi connectivity index (χ1v) is 11.9. The van der Waals surface area contributed by atoms with Gasteiger partial charge in [-0.2, -0.15) is 0 Å². The number of thiocarbonyl (C=S) groups is 1. The molecule has 2 unspecified atom stereocenters. The van der Waals surface area contributed by atoms with Gasteiger partial charge in [0.2, 0.25) is 0 Å². The van der Waals surface area contributed by atoms with Crippen LogP contribution in [0.25, 0.3) is 5.69 Å². The zero-order valence-electron chi connectivity index (χ0n) is 19.1. The number of anilines is 1. The first-order chi connectivity index (χ1) is 16.8. The summed E-state index contributed by atoms with van der Waals surface area (Å²) in [5.41, 5.74) is 5.92. The summed E-state index contributed by atoms with van der Waals surface area (Å²) in [4.78, 5) is 18.3. The SMILES string of the molecule is Cc1cc(C2C(c3ccccn3)NC(=S)N2c2ccc(Cl)cc2)c(C)n1-c1cccc(C(=O)O)c1. The predicted molar refractivity (Wildman–Crippen MR) is 142 cm³/mol. The van der Waals surface area contributed by atoms with Crippen LogP contribution in [0, 0.1) is 13.8 Å². The van der Waals surface area contributed by atoms with E-state index in [1.54, 1.807) is 24.4 Å². The molecule has 8 heteroatoms. The van der Waals surface area contributed by atoms with Gasteiger partial charge in [-0.05, 0) is 92.3 Å². The summed E-state index contributed by atoms with van der Waals surface area (Å²) >= 11 is 12.0. The third kappa shape index (κ3) is 4.17. The Bertz CT molecular complexity index is 1420. The van der Waals surface area contributed by atoms with Crippen LogP contribution in [0.3, 0.4) is 0 Å². The molecule has 1 aliphatic heterocycles. The first-order valence-electron chi connectivity index (χ1n) is 11.1. The summed E-state index contributed by atoms with van der Waals surface area (Å²) in [7, 11) is 0. The highest BCUT2D eigenvalue weighted by atomic mass is 35.5. The molecule has 3 heterocycles. The van der Waals surface area contributed by atoms with Gasteiger partial charge < -0.3 is 19.9 Å². The molecule has 1 saturated heterocycles. The van der Waals surface area contributed by atoms with E-state index in [0.29, 0.717) is 10.1 Å². The van der Waals surface area contributed by atoms with Gasteiger partial charge in [0, 0.05) is 34.0 Å². The third-order valence-corrected chi connectivity index (χ3v) is 6.91. The quantitative estimate of drug-likeness (QED) is 0.325. The minimum Gasteiger partial charge on any atom is -0.478 e. The molecule has 1 fully saturated rings. The molecule has 1 aliphatic rings. The number of aromatic carboxylic acids is 1. The normalized spacial score (nSPS) is 17.5. The fraction of sp³-hybridized carbons (Fsp3) is 0.148. The summed E-state index contributed by atoms with van der Waals surface area (Å²) in [6.45, 7) is 4.07. The van der Waals surface area contributed by atoms with E-state index in [9.17, 15) is 9.90 Å². The zero-order chi connectivity index (χ0) is 24.7. The lowest BCUT2D eigenvalue weighted by atomic mass is 9.96. The Balaban J connectivity index is 1.67. The number of nitrogens with one attached hydrogen (secondary N) is 1. The van der Waals surface area contributed by atoms with E-state index in [2.05, 4.69) is 25.8 Å². The first kappa shape index (κ1) is 23.1. The molecule has 0 aliphatic carbocycles. The highest BCUT2D eigenvalue weighted by Gasteiger charge is 2.42. The lowest BCUT2D eigenvalue weighted by Crippen LogP contribution is -2.29. The van der Waals surface area contributed by atoms with Crippen molar-refractivity contribution in [3.63, 3.8) is 0 Å². The van der Waals surface area contributed by atoms with Gasteiger partial charge in [0.1, 0.15) is 0 Å². The number of rotatable bonds is 5. The lowest BCUT2D eigenvalue weighted by Gasteiger charge is -2.28. The number of nitrogens with zero attached hydrogens (tertiary/aromatic N) is 3. The molecule has 6 nitrogen and oxygen atoms in total. The van der Waals surface area contributed by atoms with Crippen LogP contribution in [0.15, 0.2) is 79.0 Å². The van der Waals surface area contributed by atoms with Crippen molar-refractivity contribution in [1.82, 2.24) is 14.9 Å². The average molecular weight is 503 g/mol. The number of aromatic nitrogens is 2. The molecule has 35 heavy (non-hydrogen) atoms. The summed E-state index contributed by atoms with van der Waals surface area (Å²) < 4.78 is 2.08. The third-order valence-electron chi connectivity index (χ3n) is 6.34. The van der Waals surface area contributed by atoms with Gasteiger partial charge in [0.15, 0.2) is 5.11 Å². The van der Waals surface area contributed by atoms with Gasteiger partial charge >= 0.3 is 5.97 Å². The average Bonchev–Trinajstić information content (AvgIpc) is 3.35. The number of hydrogen-bond acceptors (Lipinski definition) is 3. The Hall–Kier alpha value is -3.68. The predicted octanol–water partition coefficient (Wildman–Crippen LogP) is 6.02. The van der Waals surface area contributed by atoms with Crippen molar-refractivity contribution >= 4 is 40.6 Å². The molecule has 2 atom stereocenters. The minimum atomic E-state index is -0.955. The minimum absolute atomic E-state index is 0.179. The fourth-order valence-electron chi connectivity index (χ4n) is 4.81. The molecule has 0 amide bonds. The van der Waals surface area contributed by atoms with Crippen LogP contribution < -0.4 is 10.2 Å². The standard InChI is InChI=1S/C27H23ClN4O2S/c1-16-14-22(17(2)31(16)21-7-5-6-18(15-21)26(33)34)25-24(23-8-3-4-13-29-23)30-27(35)32(25)20-11-9-19(28)10-12-20/h3-15,24-25H,1-2H3,(H,30,35)(H,33,34). The Labute approximate surface area is 213 Å². The molecule has 2 aromatic carbocycles. The second kappa shape index (κ2) is 9.17. The van der Waals surface area contributed by atoms with Crippen molar-refractivity contribution in [3.05, 3.63) is 112 Å². The molecule has 0 bridgehead atoms. The van der Waals surface area contributed by atoms with Crippen molar-refractivity contribution in [2.45, 2.75) is 25.9 Å². The van der Waals surface area contributed by atoms with E-state index >= 15 is 0 Å². The van der Waals surface area contributed by atoms with Crippen molar-refractivity contribution in [1.29, 1.82) is 0 Å². The van der Waals surface area contributed by atoms with Crippen molar-refractivity contribution in [3.8, 4) is 5.69 Å². The smallest absolute Gasteiger partial charge is 0.335 e. The van der Waals surface area contributed by atoms with Gasteiger partial charge in [-0.25, -0.2) is 4.79 Å². The molecule has 0 saturated carbocycles. The highest BCUT2D eigenvalue weighted by molar-refractivity contribution is 7.80. The number of carboxylic acids is 1. The maximum absolute atomic E-state index is 11.6. The summed E-state index contributed by atoms with van der Waals surface area (Å²) in [6, 6.07) is 22.2. The van der Waals surface area contributed by atoms with Crippen molar-refractivity contribution in [2.75, 3.05) is 4.90 Å². The summed E-state index contributed by atoms with van der Waals surface area (Å²) in [6.07, 6.45) is 1.78. The maximum atomic E-state index is 11.6. The molecular formula is C27H23ClN4O2S. The van der Waals surface area contributed by atoms with E-state index in [1.165, 1.54) is 0 Å². The van der Waals surface area contributed by atoms with Gasteiger partial charge in [-0.1, -0.05) is 23.7 Å². The van der Waals surface area contributed by atoms with Gasteiger partial charge in [0.25, 0.3) is 0 Å². The van der Waals surface area contributed by atoms with E-state index in [-0.39, 0.29) is 17.6 Å². The van der Waals surface area contributed by atoms with E-state index in [0.717, 1.165) is 34.0 Å². The van der Waals surface area contributed by atoms with Gasteiger partial charge in [0.05, 0.1) is 23.3 Å². The molecular weight excluding hydrogens is 480 g/mol. The van der Waals surface area contributed by atoms with E-state index in [4.69, 9.17) is 23.8 Å². The molecule has 2 aromatic heterocycles. The Morgan fingerprint density at radius 3 is 2.49 bits per heavy atom. The summed E-state index contributed by atoms with van der Waals surface area (Å²) in [5.74, 6) is -0.955. The molecule has 0 spiro atoms. The molecule has 4 aromatic rings. The molecule has 2 N–H and O–H groups in total. The largest absolute Gasteiger partial charge is 0.478 e. The molecule has 0 radical (unpaired) electrons. The number of carboxylic acid groups (broad SMARTS) is 1. The highest BCUT2D eigenvalue weighted by Crippen LogP contribution is 2.43. The number of halogens is 1. The molecule has 5 rings (SSSR count). The van der Waals surface area contributed by atoms with Crippen LogP contribution in [0.2, 0.25) is 5.02 Å². The number of hydrogen-bond donors (Lipinski definition) is 2. The van der Waals surface area contributed by atoms with E-state index in [1.807, 2.05) is 62.4 Å². The van der Waals surface area contributed by atoms with Crippen LogP contribution >= 0.6 is 23.8 Å². The lowest BCUT2D eigenvalue weighted by molar-refractivity contribution is 0.0697. The number of aryl methyl sites for hydroxylation is 1. The molecule has 176 valence electrons. The van der Waals surface area contributed by atoms with Crippen molar-refractivity contribution in [2.24, 2.45) is 0 Å². The van der Waals surface area contributed by atoms with Crippen LogP contribution in [-0.2, 0) is 0 Å². The number of benzene rings is 2. The number of carbonyl (C=O) groups is 1. The monoisotopic (exact) mass is 502 g/mol. The van der Waals surface area contributed by atoms with Gasteiger partial charge in [-0.15, -0.1) is 0 Å². The second-order valence-electron chi connectivity index (χ2n) is 8.49. The van der Waals surface area contributed by atoms with E-state index < -0.39 is 5.97 Å². The van der Waals surface area contributed by atoms with Crippen LogP contribution in [0.5, 0.6) is 0 Å². The van der Waals surface area contributed by atoms with Crippen LogP contribution in [0.4, 0.5) is 5.69 Å². The summed E-state index contributed by atoms with van der Waals surface area (Å²) in [5, 5.41) is 14.2. The fourth-order valence-corrected chi connectivity index (χ4v) is 5.29. The topological polar surface area (TPSA) is 70.4 Å². The second-order valence-corrected chi connectivity index (χ2v) is 9.31.